The number of anilines is 1. The van der Waals surface area contributed by atoms with E-state index in [0.717, 1.165) is 10.6 Å². The summed E-state index contributed by atoms with van der Waals surface area (Å²) in [6.07, 6.45) is 1.77. The van der Waals surface area contributed by atoms with E-state index in [4.69, 9.17) is 0 Å². The van der Waals surface area contributed by atoms with Crippen molar-refractivity contribution >= 4 is 27.5 Å². The van der Waals surface area contributed by atoms with E-state index >= 15 is 0 Å². The van der Waals surface area contributed by atoms with Crippen LogP contribution in [-0.4, -0.2) is 20.2 Å². The molecule has 1 heterocycles. The van der Waals surface area contributed by atoms with Gasteiger partial charge in [0.1, 0.15) is 0 Å². The number of benzene rings is 2. The van der Waals surface area contributed by atoms with Crippen LogP contribution in [0.1, 0.15) is 11.1 Å². The van der Waals surface area contributed by atoms with Crippen LogP contribution in [0.3, 0.4) is 0 Å². The third-order valence-electron chi connectivity index (χ3n) is 3.73. The summed E-state index contributed by atoms with van der Waals surface area (Å²) < 4.78 is 25.7. The van der Waals surface area contributed by atoms with Gasteiger partial charge in [0, 0.05) is 16.0 Å². The molecule has 23 heavy (non-hydrogen) atoms. The minimum atomic E-state index is -3.09. The van der Waals surface area contributed by atoms with E-state index in [0.29, 0.717) is 0 Å². The number of nitrogens with zero attached hydrogens (tertiary/aromatic N) is 1. The average molecular weight is 345 g/mol. The first-order valence-electron chi connectivity index (χ1n) is 7.44. The van der Waals surface area contributed by atoms with Crippen molar-refractivity contribution in [2.24, 2.45) is 0 Å². The molecule has 3 rings (SSSR count). The Kier molecular flexibility index (Phi) is 4.50. The zero-order chi connectivity index (χ0) is 16.4. The topological polar surface area (TPSA) is 37.4 Å². The maximum absolute atomic E-state index is 11.8. The minimum absolute atomic E-state index is 0.125. The molecule has 0 radical (unpaired) electrons. The minimum Gasteiger partial charge on any atom is -0.304 e. The first-order chi connectivity index (χ1) is 10.9. The van der Waals surface area contributed by atoms with Crippen LogP contribution in [0.4, 0.5) is 5.69 Å². The van der Waals surface area contributed by atoms with Crippen LogP contribution in [0.2, 0.25) is 0 Å². The number of sulfone groups is 1. The van der Waals surface area contributed by atoms with Crippen molar-refractivity contribution in [3.63, 3.8) is 0 Å². The summed E-state index contributed by atoms with van der Waals surface area (Å²) in [5, 5.41) is 1.33. The Morgan fingerprint density at radius 2 is 1.52 bits per heavy atom. The molecule has 0 aromatic heterocycles. The monoisotopic (exact) mass is 345 g/mol. The van der Waals surface area contributed by atoms with Gasteiger partial charge in [0.05, 0.1) is 11.8 Å². The highest BCUT2D eigenvalue weighted by Gasteiger charge is 2.28. The number of hydrogen-bond donors (Lipinski definition) is 0. The Balaban J connectivity index is 1.91. The molecule has 0 bridgehead atoms. The van der Waals surface area contributed by atoms with Gasteiger partial charge in [0.15, 0.2) is 9.84 Å². The molecule has 1 aliphatic rings. The van der Waals surface area contributed by atoms with Crippen molar-refractivity contribution in [1.82, 2.24) is 0 Å². The van der Waals surface area contributed by atoms with Crippen molar-refractivity contribution in [2.75, 3.05) is 10.1 Å². The van der Waals surface area contributed by atoms with E-state index in [1.165, 1.54) is 16.5 Å². The van der Waals surface area contributed by atoms with Crippen molar-refractivity contribution in [3.8, 4) is 0 Å². The van der Waals surface area contributed by atoms with Gasteiger partial charge in [0.2, 0.25) is 0 Å². The predicted molar refractivity (Wildman–Crippen MR) is 97.4 cm³/mol. The summed E-state index contributed by atoms with van der Waals surface area (Å²) in [7, 11) is -3.09. The van der Waals surface area contributed by atoms with Crippen LogP contribution < -0.4 is 4.31 Å². The van der Waals surface area contributed by atoms with Crippen LogP contribution in [0.25, 0.3) is 0 Å². The molecule has 0 saturated heterocycles. The Morgan fingerprint density at radius 1 is 0.957 bits per heavy atom. The summed E-state index contributed by atoms with van der Waals surface area (Å²) in [4.78, 5) is 1.09. The quantitative estimate of drug-likeness (QED) is 0.781. The molecule has 1 atom stereocenters. The largest absolute Gasteiger partial charge is 0.304 e. The molecule has 0 fully saturated rings. The Bertz CT molecular complexity index is 809. The maximum atomic E-state index is 11.8. The molecule has 0 aliphatic carbocycles. The summed E-state index contributed by atoms with van der Waals surface area (Å²) in [5.41, 5.74) is 3.40. The van der Waals surface area contributed by atoms with E-state index in [1.807, 2.05) is 31.2 Å². The van der Waals surface area contributed by atoms with Gasteiger partial charge in [0.25, 0.3) is 0 Å². The van der Waals surface area contributed by atoms with Gasteiger partial charge in [-0.25, -0.2) is 8.42 Å². The highest BCUT2D eigenvalue weighted by atomic mass is 32.2. The van der Waals surface area contributed by atoms with Crippen molar-refractivity contribution in [3.05, 3.63) is 71.1 Å². The van der Waals surface area contributed by atoms with Gasteiger partial charge in [-0.15, -0.1) is 0 Å². The standard InChI is InChI=1S/C18H19NO2S2/c1-14-3-7-16(8-4-14)19(17-11-12-23(20,21)13-17)22-18-9-5-15(2)6-10-18/h3-12,17H,13H2,1-2H3/t17-/m1/s1. The first kappa shape index (κ1) is 16.1. The van der Waals surface area contributed by atoms with Crippen LogP contribution in [0, 0.1) is 13.8 Å². The van der Waals surface area contributed by atoms with Gasteiger partial charge in [-0.3, -0.25) is 0 Å². The van der Waals surface area contributed by atoms with Gasteiger partial charge < -0.3 is 4.31 Å². The predicted octanol–water partition coefficient (Wildman–Crippen LogP) is 4.13. The molecular formula is C18H19NO2S2. The summed E-state index contributed by atoms with van der Waals surface area (Å²) in [5.74, 6) is 0.125. The third kappa shape index (κ3) is 3.98. The van der Waals surface area contributed by atoms with Crippen LogP contribution in [0.15, 0.2) is 64.9 Å². The molecular weight excluding hydrogens is 326 g/mol. The fraction of sp³-hybridized carbons (Fsp3) is 0.222. The molecule has 2 aromatic carbocycles. The Labute approximate surface area is 142 Å². The second kappa shape index (κ2) is 6.42. The fourth-order valence-electron chi connectivity index (χ4n) is 2.42. The normalized spacial score (nSPS) is 19.0. The van der Waals surface area contributed by atoms with Crippen molar-refractivity contribution < 1.29 is 8.42 Å². The molecule has 1 aliphatic heterocycles. The van der Waals surface area contributed by atoms with Crippen LogP contribution in [-0.2, 0) is 9.84 Å². The Hall–Kier alpha value is -1.72. The van der Waals surface area contributed by atoms with E-state index in [-0.39, 0.29) is 11.8 Å². The van der Waals surface area contributed by atoms with Crippen LogP contribution in [0.5, 0.6) is 0 Å². The molecule has 0 N–H and O–H groups in total. The van der Waals surface area contributed by atoms with Gasteiger partial charge >= 0.3 is 0 Å². The summed E-state index contributed by atoms with van der Waals surface area (Å²) >= 11 is 1.57. The van der Waals surface area contributed by atoms with E-state index in [2.05, 4.69) is 35.5 Å². The maximum Gasteiger partial charge on any atom is 0.173 e. The smallest absolute Gasteiger partial charge is 0.173 e. The number of rotatable bonds is 4. The summed E-state index contributed by atoms with van der Waals surface area (Å²) in [6, 6.07) is 16.3. The van der Waals surface area contributed by atoms with Gasteiger partial charge in [-0.2, -0.15) is 0 Å². The molecule has 0 spiro atoms. The van der Waals surface area contributed by atoms with Gasteiger partial charge in [-0.05, 0) is 56.1 Å². The van der Waals surface area contributed by atoms with E-state index in [9.17, 15) is 8.42 Å². The second-order valence-electron chi connectivity index (χ2n) is 5.79. The lowest BCUT2D eigenvalue weighted by Gasteiger charge is -2.28. The zero-order valence-corrected chi connectivity index (χ0v) is 14.8. The Morgan fingerprint density at radius 3 is 2.04 bits per heavy atom. The SMILES string of the molecule is Cc1ccc(SN(c2ccc(C)cc2)[C@@H]2C=CS(=O)(=O)C2)cc1. The number of hydrogen-bond acceptors (Lipinski definition) is 4. The fourth-order valence-corrected chi connectivity index (χ4v) is 4.78. The molecule has 0 unspecified atom stereocenters. The summed E-state index contributed by atoms with van der Waals surface area (Å²) in [6.45, 7) is 4.10. The molecule has 3 nitrogen and oxygen atoms in total. The van der Waals surface area contributed by atoms with Crippen LogP contribution >= 0.6 is 11.9 Å². The second-order valence-corrected chi connectivity index (χ2v) is 8.77. The lowest BCUT2D eigenvalue weighted by Crippen LogP contribution is -2.30. The lowest BCUT2D eigenvalue weighted by molar-refractivity contribution is 0.604. The first-order valence-corrected chi connectivity index (χ1v) is 9.93. The van der Waals surface area contributed by atoms with E-state index in [1.54, 1.807) is 18.0 Å². The van der Waals surface area contributed by atoms with Gasteiger partial charge in [-0.1, -0.05) is 35.4 Å². The number of aryl methyl sites for hydroxylation is 2. The average Bonchev–Trinajstić information content (AvgIpc) is 2.88. The molecule has 5 heteroatoms. The molecule has 0 saturated carbocycles. The van der Waals surface area contributed by atoms with E-state index < -0.39 is 9.84 Å². The third-order valence-corrected chi connectivity index (χ3v) is 6.26. The van der Waals surface area contributed by atoms with Crippen molar-refractivity contribution in [2.45, 2.75) is 24.8 Å². The highest BCUT2D eigenvalue weighted by molar-refractivity contribution is 8.01. The molecule has 0 amide bonds. The van der Waals surface area contributed by atoms with Crippen molar-refractivity contribution in [1.29, 1.82) is 0 Å². The molecule has 120 valence electrons. The highest BCUT2D eigenvalue weighted by Crippen LogP contribution is 2.34. The molecule has 2 aromatic rings. The lowest BCUT2D eigenvalue weighted by atomic mass is 10.2. The zero-order valence-electron chi connectivity index (χ0n) is 13.1.